The van der Waals surface area contributed by atoms with E-state index in [4.69, 9.17) is 5.11 Å². The predicted molar refractivity (Wildman–Crippen MR) is 45.0 cm³/mol. The zero-order valence-electron chi connectivity index (χ0n) is 6.70. The third kappa shape index (κ3) is 2.24. The highest BCUT2D eigenvalue weighted by Gasteiger charge is 2.35. The summed E-state index contributed by atoms with van der Waals surface area (Å²) < 4.78 is 49.4. The van der Waals surface area contributed by atoms with E-state index in [2.05, 4.69) is 15.9 Å². The molecule has 14 heavy (non-hydrogen) atoms. The van der Waals surface area contributed by atoms with Crippen LogP contribution in [0.1, 0.15) is 11.1 Å². The topological polar surface area (TPSA) is 20.2 Å². The van der Waals surface area contributed by atoms with Crippen LogP contribution in [0.25, 0.3) is 0 Å². The van der Waals surface area contributed by atoms with Crippen molar-refractivity contribution in [2.24, 2.45) is 0 Å². The minimum absolute atomic E-state index is 0.408. The largest absolute Gasteiger partial charge is 0.417 e. The number of hydrogen-bond acceptors (Lipinski definition) is 1. The van der Waals surface area contributed by atoms with Crippen molar-refractivity contribution < 1.29 is 22.7 Å². The molecule has 0 aromatic heterocycles. The molecule has 0 spiro atoms. The molecule has 6 heteroatoms. The molecule has 1 rings (SSSR count). The Kier molecular flexibility index (Phi) is 3.16. The molecule has 0 saturated heterocycles. The van der Waals surface area contributed by atoms with Crippen LogP contribution < -0.4 is 0 Å². The van der Waals surface area contributed by atoms with Gasteiger partial charge in [-0.15, -0.1) is 0 Å². The first-order chi connectivity index (χ1) is 6.36. The molecule has 1 aromatic rings. The van der Waals surface area contributed by atoms with Crippen molar-refractivity contribution in [1.82, 2.24) is 0 Å². The zero-order valence-corrected chi connectivity index (χ0v) is 8.28. The van der Waals surface area contributed by atoms with Crippen LogP contribution in [0.4, 0.5) is 17.6 Å². The van der Waals surface area contributed by atoms with Crippen LogP contribution in [0.2, 0.25) is 0 Å². The summed E-state index contributed by atoms with van der Waals surface area (Å²) in [6.45, 7) is -0.856. The highest BCUT2D eigenvalue weighted by atomic mass is 79.9. The van der Waals surface area contributed by atoms with Gasteiger partial charge in [0.05, 0.1) is 12.2 Å². The molecule has 0 amide bonds. The van der Waals surface area contributed by atoms with Gasteiger partial charge in [-0.3, -0.25) is 0 Å². The average molecular weight is 273 g/mol. The lowest BCUT2D eigenvalue weighted by atomic mass is 10.1. The van der Waals surface area contributed by atoms with E-state index in [-0.39, 0.29) is 0 Å². The fraction of sp³-hybridized carbons (Fsp3) is 0.250. The maximum atomic E-state index is 12.7. The van der Waals surface area contributed by atoms with Gasteiger partial charge >= 0.3 is 6.18 Å². The van der Waals surface area contributed by atoms with E-state index in [1.807, 2.05) is 0 Å². The van der Waals surface area contributed by atoms with Crippen molar-refractivity contribution >= 4 is 15.9 Å². The van der Waals surface area contributed by atoms with Crippen LogP contribution in [-0.2, 0) is 12.8 Å². The van der Waals surface area contributed by atoms with Gasteiger partial charge in [-0.25, -0.2) is 4.39 Å². The predicted octanol–water partition coefficient (Wildman–Crippen LogP) is 3.10. The minimum Gasteiger partial charge on any atom is -0.392 e. The van der Waals surface area contributed by atoms with E-state index in [1.165, 1.54) is 0 Å². The first kappa shape index (κ1) is 11.5. The molecule has 0 heterocycles. The summed E-state index contributed by atoms with van der Waals surface area (Å²) in [5, 5.41) is 8.64. The van der Waals surface area contributed by atoms with Crippen molar-refractivity contribution in [3.63, 3.8) is 0 Å². The van der Waals surface area contributed by atoms with Crippen molar-refractivity contribution in [2.45, 2.75) is 12.8 Å². The van der Waals surface area contributed by atoms with Gasteiger partial charge in [0.25, 0.3) is 0 Å². The van der Waals surface area contributed by atoms with Crippen LogP contribution >= 0.6 is 15.9 Å². The lowest BCUT2D eigenvalue weighted by molar-refractivity contribution is -0.139. The summed E-state index contributed by atoms with van der Waals surface area (Å²) in [4.78, 5) is 0. The standard InChI is InChI=1S/C8H5BrF4O/c9-6-2-5(10)1-4(3-14)7(6)8(11,12)13/h1-2,14H,3H2. The molecule has 0 radical (unpaired) electrons. The van der Waals surface area contributed by atoms with Crippen molar-refractivity contribution in [3.8, 4) is 0 Å². The molecule has 1 nitrogen and oxygen atoms in total. The SMILES string of the molecule is OCc1cc(F)cc(Br)c1C(F)(F)F. The lowest BCUT2D eigenvalue weighted by Gasteiger charge is -2.13. The molecule has 1 N–H and O–H groups in total. The van der Waals surface area contributed by atoms with E-state index in [0.29, 0.717) is 12.1 Å². The number of rotatable bonds is 1. The Balaban J connectivity index is 3.40. The summed E-state index contributed by atoms with van der Waals surface area (Å²) >= 11 is 2.60. The number of hydrogen-bond donors (Lipinski definition) is 1. The number of aliphatic hydroxyl groups is 1. The monoisotopic (exact) mass is 272 g/mol. The lowest BCUT2D eigenvalue weighted by Crippen LogP contribution is -2.11. The van der Waals surface area contributed by atoms with Gasteiger partial charge in [-0.05, 0) is 17.7 Å². The van der Waals surface area contributed by atoms with Crippen LogP contribution in [0, 0.1) is 5.82 Å². The number of alkyl halides is 3. The molecule has 0 aliphatic heterocycles. The van der Waals surface area contributed by atoms with Crippen LogP contribution in [0.3, 0.4) is 0 Å². The number of halogens is 5. The second kappa shape index (κ2) is 3.86. The van der Waals surface area contributed by atoms with E-state index >= 15 is 0 Å². The Morgan fingerprint density at radius 3 is 2.29 bits per heavy atom. The second-order valence-corrected chi connectivity index (χ2v) is 3.43. The molecule has 78 valence electrons. The van der Waals surface area contributed by atoms with Crippen molar-refractivity contribution in [2.75, 3.05) is 0 Å². The maximum absolute atomic E-state index is 12.7. The van der Waals surface area contributed by atoms with E-state index in [1.54, 1.807) is 0 Å². The molecular formula is C8H5BrF4O. The number of aliphatic hydroxyl groups excluding tert-OH is 1. The first-order valence-corrected chi connectivity index (χ1v) is 4.31. The summed E-state index contributed by atoms with van der Waals surface area (Å²) in [7, 11) is 0. The molecule has 0 bridgehead atoms. The Morgan fingerprint density at radius 1 is 1.29 bits per heavy atom. The number of benzene rings is 1. The van der Waals surface area contributed by atoms with Gasteiger partial charge in [0, 0.05) is 4.47 Å². The maximum Gasteiger partial charge on any atom is 0.417 e. The fourth-order valence-corrected chi connectivity index (χ4v) is 1.77. The van der Waals surface area contributed by atoms with Gasteiger partial charge in [0.15, 0.2) is 0 Å². The van der Waals surface area contributed by atoms with E-state index < -0.39 is 34.2 Å². The minimum atomic E-state index is -4.61. The third-order valence-electron chi connectivity index (χ3n) is 1.59. The summed E-state index contributed by atoms with van der Waals surface area (Å²) in [5.74, 6) is -0.825. The Hall–Kier alpha value is -0.620. The quantitative estimate of drug-likeness (QED) is 0.779. The molecule has 0 aliphatic rings. The molecular weight excluding hydrogens is 268 g/mol. The summed E-state index contributed by atoms with van der Waals surface area (Å²) in [6.07, 6.45) is -4.61. The highest BCUT2D eigenvalue weighted by molar-refractivity contribution is 9.10. The molecule has 1 aromatic carbocycles. The molecule has 0 atom stereocenters. The molecule has 0 saturated carbocycles. The summed E-state index contributed by atoms with van der Waals surface area (Å²) in [6, 6.07) is 1.37. The van der Waals surface area contributed by atoms with Gasteiger partial charge in [-0.1, -0.05) is 15.9 Å². The van der Waals surface area contributed by atoms with Crippen molar-refractivity contribution in [3.05, 3.63) is 33.5 Å². The van der Waals surface area contributed by atoms with Gasteiger partial charge < -0.3 is 5.11 Å². The molecule has 0 unspecified atom stereocenters. The van der Waals surface area contributed by atoms with E-state index in [9.17, 15) is 17.6 Å². The first-order valence-electron chi connectivity index (χ1n) is 3.52. The molecule has 0 aliphatic carbocycles. The van der Waals surface area contributed by atoms with Crippen LogP contribution in [0.15, 0.2) is 16.6 Å². The Bertz CT molecular complexity index is 348. The van der Waals surface area contributed by atoms with Crippen molar-refractivity contribution in [1.29, 1.82) is 0 Å². The van der Waals surface area contributed by atoms with Crippen LogP contribution in [-0.4, -0.2) is 5.11 Å². The smallest absolute Gasteiger partial charge is 0.392 e. The summed E-state index contributed by atoms with van der Waals surface area (Å²) in [5.41, 5.74) is -1.52. The Morgan fingerprint density at radius 2 is 1.86 bits per heavy atom. The van der Waals surface area contributed by atoms with E-state index in [0.717, 1.165) is 0 Å². The molecule has 0 fully saturated rings. The third-order valence-corrected chi connectivity index (χ3v) is 2.22. The normalized spacial score (nSPS) is 11.9. The fourth-order valence-electron chi connectivity index (χ4n) is 1.07. The van der Waals surface area contributed by atoms with Gasteiger partial charge in [-0.2, -0.15) is 13.2 Å². The highest BCUT2D eigenvalue weighted by Crippen LogP contribution is 2.37. The van der Waals surface area contributed by atoms with Gasteiger partial charge in [0.2, 0.25) is 0 Å². The van der Waals surface area contributed by atoms with Crippen LogP contribution in [0.5, 0.6) is 0 Å². The average Bonchev–Trinajstić information content (AvgIpc) is 1.99. The zero-order chi connectivity index (χ0) is 10.9. The Labute approximate surface area is 85.5 Å². The second-order valence-electron chi connectivity index (χ2n) is 2.58. The van der Waals surface area contributed by atoms with Gasteiger partial charge in [0.1, 0.15) is 5.82 Å².